The highest BCUT2D eigenvalue weighted by Crippen LogP contribution is 2.35. The van der Waals surface area contributed by atoms with Crippen molar-refractivity contribution in [2.24, 2.45) is 11.8 Å². The molecule has 0 amide bonds. The molecule has 4 unspecified atom stereocenters. The summed E-state index contributed by atoms with van der Waals surface area (Å²) in [5.41, 5.74) is 0. The summed E-state index contributed by atoms with van der Waals surface area (Å²) in [7, 11) is 2.17. The second-order valence-electron chi connectivity index (χ2n) is 7.43. The second kappa shape index (κ2) is 7.79. The minimum absolute atomic E-state index is 0.720. The average Bonchev–Trinajstić information content (AvgIpc) is 2.71. The van der Waals surface area contributed by atoms with Gasteiger partial charge in [0, 0.05) is 18.1 Å². The molecule has 20 heavy (non-hydrogen) atoms. The van der Waals surface area contributed by atoms with Crippen LogP contribution >= 0.6 is 0 Å². The number of nitrogens with zero attached hydrogens (tertiary/aromatic N) is 1. The van der Waals surface area contributed by atoms with E-state index in [-0.39, 0.29) is 0 Å². The lowest BCUT2D eigenvalue weighted by Crippen LogP contribution is -2.55. The number of nitrogens with one attached hydrogen (secondary N) is 1. The molecule has 2 fully saturated rings. The Morgan fingerprint density at radius 1 is 1.10 bits per heavy atom. The molecule has 0 radical (unpaired) electrons. The van der Waals surface area contributed by atoms with E-state index in [0.29, 0.717) is 0 Å². The van der Waals surface area contributed by atoms with Crippen LogP contribution in [0, 0.1) is 11.8 Å². The third-order valence-corrected chi connectivity index (χ3v) is 5.99. The summed E-state index contributed by atoms with van der Waals surface area (Å²) in [6.45, 7) is 8.56. The van der Waals surface area contributed by atoms with Crippen molar-refractivity contribution in [1.29, 1.82) is 0 Å². The SMILES string of the molecule is CCC1CCCCCN1C1CC(C(C)C)CCC1NC. The van der Waals surface area contributed by atoms with Crippen molar-refractivity contribution in [3.05, 3.63) is 0 Å². The van der Waals surface area contributed by atoms with Crippen LogP contribution in [0.5, 0.6) is 0 Å². The zero-order chi connectivity index (χ0) is 14.5. The Labute approximate surface area is 126 Å². The van der Waals surface area contributed by atoms with E-state index in [1.54, 1.807) is 0 Å². The number of likely N-dealkylation sites (N-methyl/N-ethyl adjacent to an activating group) is 1. The zero-order valence-corrected chi connectivity index (χ0v) is 14.2. The van der Waals surface area contributed by atoms with Crippen LogP contribution in [0.15, 0.2) is 0 Å². The van der Waals surface area contributed by atoms with Crippen molar-refractivity contribution in [3.63, 3.8) is 0 Å². The van der Waals surface area contributed by atoms with Crippen molar-refractivity contribution in [2.45, 2.75) is 90.3 Å². The molecular weight excluding hydrogens is 244 g/mol. The minimum Gasteiger partial charge on any atom is -0.315 e. The first kappa shape index (κ1) is 16.3. The van der Waals surface area contributed by atoms with E-state index in [4.69, 9.17) is 0 Å². The molecular formula is C18H36N2. The second-order valence-corrected chi connectivity index (χ2v) is 7.43. The fourth-order valence-electron chi connectivity index (χ4n) is 4.56. The normalized spacial score (nSPS) is 37.0. The average molecular weight is 280 g/mol. The number of rotatable bonds is 4. The molecule has 0 bridgehead atoms. The molecule has 2 aliphatic rings. The van der Waals surface area contributed by atoms with Crippen LogP contribution in [0.3, 0.4) is 0 Å². The van der Waals surface area contributed by atoms with Crippen LogP contribution in [-0.4, -0.2) is 36.6 Å². The molecule has 4 atom stereocenters. The molecule has 1 N–H and O–H groups in total. The van der Waals surface area contributed by atoms with Gasteiger partial charge in [0.1, 0.15) is 0 Å². The van der Waals surface area contributed by atoms with Crippen molar-refractivity contribution < 1.29 is 0 Å². The third-order valence-electron chi connectivity index (χ3n) is 5.99. The lowest BCUT2D eigenvalue weighted by molar-refractivity contribution is 0.0523. The molecule has 0 aromatic rings. The summed E-state index contributed by atoms with van der Waals surface area (Å²) in [6, 6.07) is 2.34. The summed E-state index contributed by atoms with van der Waals surface area (Å²) >= 11 is 0. The monoisotopic (exact) mass is 280 g/mol. The molecule has 0 aromatic heterocycles. The Kier molecular flexibility index (Phi) is 6.35. The number of likely N-dealkylation sites (tertiary alicyclic amines) is 1. The van der Waals surface area contributed by atoms with Gasteiger partial charge in [0.15, 0.2) is 0 Å². The highest BCUT2D eigenvalue weighted by molar-refractivity contribution is 4.94. The molecule has 118 valence electrons. The van der Waals surface area contributed by atoms with Crippen LogP contribution in [0.4, 0.5) is 0 Å². The molecule has 0 aromatic carbocycles. The predicted octanol–water partition coefficient (Wildman–Crippen LogP) is 4.05. The summed E-state index contributed by atoms with van der Waals surface area (Å²) in [6.07, 6.45) is 11.3. The van der Waals surface area contributed by atoms with Gasteiger partial charge < -0.3 is 5.32 Å². The van der Waals surface area contributed by atoms with Gasteiger partial charge in [-0.25, -0.2) is 0 Å². The molecule has 2 heteroatoms. The minimum atomic E-state index is 0.720. The topological polar surface area (TPSA) is 15.3 Å². The van der Waals surface area contributed by atoms with E-state index in [0.717, 1.165) is 30.0 Å². The Hall–Kier alpha value is -0.0800. The summed E-state index contributed by atoms with van der Waals surface area (Å²) in [4.78, 5) is 2.91. The highest BCUT2D eigenvalue weighted by atomic mass is 15.2. The molecule has 1 aliphatic carbocycles. The van der Waals surface area contributed by atoms with Gasteiger partial charge in [0.25, 0.3) is 0 Å². The van der Waals surface area contributed by atoms with Gasteiger partial charge in [-0.2, -0.15) is 0 Å². The van der Waals surface area contributed by atoms with Gasteiger partial charge in [0.05, 0.1) is 0 Å². The number of hydrogen-bond acceptors (Lipinski definition) is 2. The Bertz CT molecular complexity index is 277. The Balaban J connectivity index is 2.11. The smallest absolute Gasteiger partial charge is 0.0254 e. The van der Waals surface area contributed by atoms with E-state index >= 15 is 0 Å². The van der Waals surface area contributed by atoms with Crippen molar-refractivity contribution in [3.8, 4) is 0 Å². The Morgan fingerprint density at radius 3 is 2.55 bits per heavy atom. The van der Waals surface area contributed by atoms with Gasteiger partial charge >= 0.3 is 0 Å². The maximum atomic E-state index is 3.63. The van der Waals surface area contributed by atoms with Gasteiger partial charge in [-0.3, -0.25) is 4.90 Å². The third kappa shape index (κ3) is 3.76. The quantitative estimate of drug-likeness (QED) is 0.835. The fraction of sp³-hybridized carbons (Fsp3) is 1.00. The van der Waals surface area contributed by atoms with Crippen LogP contribution in [0.25, 0.3) is 0 Å². The zero-order valence-electron chi connectivity index (χ0n) is 14.2. The molecule has 2 rings (SSSR count). The van der Waals surface area contributed by atoms with Gasteiger partial charge in [-0.1, -0.05) is 33.6 Å². The first-order valence-electron chi connectivity index (χ1n) is 9.10. The van der Waals surface area contributed by atoms with E-state index < -0.39 is 0 Å². The summed E-state index contributed by atoms with van der Waals surface area (Å²) in [5.74, 6) is 1.78. The van der Waals surface area contributed by atoms with Crippen LogP contribution in [0.1, 0.15) is 72.1 Å². The van der Waals surface area contributed by atoms with Crippen LogP contribution in [-0.2, 0) is 0 Å². The maximum absolute atomic E-state index is 3.63. The predicted molar refractivity (Wildman–Crippen MR) is 88.1 cm³/mol. The fourth-order valence-corrected chi connectivity index (χ4v) is 4.56. The first-order chi connectivity index (χ1) is 9.67. The molecule has 1 heterocycles. The molecule has 1 aliphatic heterocycles. The van der Waals surface area contributed by atoms with E-state index in [1.165, 1.54) is 57.9 Å². The van der Waals surface area contributed by atoms with Gasteiger partial charge in [0.2, 0.25) is 0 Å². The molecule has 0 spiro atoms. The van der Waals surface area contributed by atoms with Crippen molar-refractivity contribution in [1.82, 2.24) is 10.2 Å². The first-order valence-corrected chi connectivity index (χ1v) is 9.10. The summed E-state index contributed by atoms with van der Waals surface area (Å²) in [5, 5.41) is 3.63. The lowest BCUT2D eigenvalue weighted by atomic mass is 9.76. The van der Waals surface area contributed by atoms with Crippen molar-refractivity contribution in [2.75, 3.05) is 13.6 Å². The van der Waals surface area contributed by atoms with E-state index in [1.807, 2.05) is 0 Å². The highest BCUT2D eigenvalue weighted by Gasteiger charge is 2.37. The van der Waals surface area contributed by atoms with Crippen LogP contribution < -0.4 is 5.32 Å². The van der Waals surface area contributed by atoms with Crippen molar-refractivity contribution >= 4 is 0 Å². The molecule has 1 saturated heterocycles. The van der Waals surface area contributed by atoms with Crippen LogP contribution in [0.2, 0.25) is 0 Å². The molecule has 1 saturated carbocycles. The lowest BCUT2D eigenvalue weighted by Gasteiger charge is -2.46. The summed E-state index contributed by atoms with van der Waals surface area (Å²) < 4.78 is 0. The van der Waals surface area contributed by atoms with Gasteiger partial charge in [-0.05, 0) is 64.0 Å². The molecule has 2 nitrogen and oxygen atoms in total. The maximum Gasteiger partial charge on any atom is 0.0254 e. The van der Waals surface area contributed by atoms with E-state index in [9.17, 15) is 0 Å². The van der Waals surface area contributed by atoms with E-state index in [2.05, 4.69) is 38.0 Å². The standard InChI is InChI=1S/C18H36N2/c1-5-16-9-7-6-8-12-20(16)18-13-15(14(2)3)10-11-17(18)19-4/h14-19H,5-13H2,1-4H3. The largest absolute Gasteiger partial charge is 0.315 e. The number of hydrogen-bond donors (Lipinski definition) is 1. The Morgan fingerprint density at radius 2 is 1.90 bits per heavy atom. The van der Waals surface area contributed by atoms with Gasteiger partial charge in [-0.15, -0.1) is 0 Å².